The van der Waals surface area contributed by atoms with E-state index in [1.165, 1.54) is 36.8 Å². The molecule has 18 heavy (non-hydrogen) atoms. The van der Waals surface area contributed by atoms with Gasteiger partial charge in [-0.2, -0.15) is 10.2 Å². The molecule has 1 atom stereocenters. The normalized spacial score (nSPS) is 23.4. The molecular weight excluding hydrogens is 220 g/mol. The van der Waals surface area contributed by atoms with Crippen LogP contribution < -0.4 is 0 Å². The van der Waals surface area contributed by atoms with Crippen molar-refractivity contribution in [3.8, 4) is 0 Å². The number of benzene rings is 1. The summed E-state index contributed by atoms with van der Waals surface area (Å²) < 4.78 is 0. The molecule has 1 aromatic carbocycles. The van der Waals surface area contributed by atoms with E-state index in [4.69, 9.17) is 0 Å². The molecule has 0 bridgehead atoms. The van der Waals surface area contributed by atoms with E-state index in [0.29, 0.717) is 0 Å². The average Bonchev–Trinajstić information content (AvgIpc) is 2.60. The maximum absolute atomic E-state index is 4.46. The van der Waals surface area contributed by atoms with Gasteiger partial charge in [0.05, 0.1) is 11.7 Å². The molecule has 0 N–H and O–H groups in total. The first-order valence-electron chi connectivity index (χ1n) is 6.74. The van der Waals surface area contributed by atoms with Gasteiger partial charge in [0.1, 0.15) is 0 Å². The third-order valence-corrected chi connectivity index (χ3v) is 3.78. The molecule has 2 aliphatic rings. The molecule has 1 aromatic rings. The summed E-state index contributed by atoms with van der Waals surface area (Å²) in [7, 11) is 0. The van der Waals surface area contributed by atoms with Crippen molar-refractivity contribution < 1.29 is 0 Å². The van der Waals surface area contributed by atoms with Gasteiger partial charge in [0, 0.05) is 5.56 Å². The van der Waals surface area contributed by atoms with Crippen LogP contribution in [0.3, 0.4) is 0 Å². The maximum Gasteiger partial charge on any atom is 0.0927 e. The Balaban J connectivity index is 2.04. The molecule has 0 spiro atoms. The van der Waals surface area contributed by atoms with Crippen molar-refractivity contribution in [1.82, 2.24) is 0 Å². The fourth-order valence-electron chi connectivity index (χ4n) is 2.76. The van der Waals surface area contributed by atoms with Crippen LogP contribution in [0.1, 0.15) is 38.2 Å². The van der Waals surface area contributed by atoms with Crippen molar-refractivity contribution in [3.63, 3.8) is 0 Å². The van der Waals surface area contributed by atoms with Crippen LogP contribution in [-0.2, 0) is 0 Å². The number of rotatable bonds is 1. The summed E-state index contributed by atoms with van der Waals surface area (Å²) in [4.78, 5) is 0. The third-order valence-electron chi connectivity index (χ3n) is 3.78. The van der Waals surface area contributed by atoms with Crippen LogP contribution in [0.25, 0.3) is 5.70 Å². The minimum Gasteiger partial charge on any atom is -0.181 e. The highest BCUT2D eigenvalue weighted by Crippen LogP contribution is 2.34. The minimum atomic E-state index is 0.248. The fraction of sp³-hybridized carbons (Fsp3) is 0.375. The van der Waals surface area contributed by atoms with E-state index in [-0.39, 0.29) is 6.04 Å². The second-order valence-corrected chi connectivity index (χ2v) is 5.04. The van der Waals surface area contributed by atoms with Crippen molar-refractivity contribution in [2.75, 3.05) is 0 Å². The summed E-state index contributed by atoms with van der Waals surface area (Å²) in [5, 5.41) is 8.91. The maximum atomic E-state index is 4.46. The largest absolute Gasteiger partial charge is 0.181 e. The number of azo groups is 1. The number of nitrogens with zero attached hydrogens (tertiary/aromatic N) is 2. The Labute approximate surface area is 108 Å². The van der Waals surface area contributed by atoms with Gasteiger partial charge in [0.25, 0.3) is 0 Å². The highest BCUT2D eigenvalue weighted by Gasteiger charge is 2.19. The van der Waals surface area contributed by atoms with Gasteiger partial charge in [0.15, 0.2) is 0 Å². The predicted molar refractivity (Wildman–Crippen MR) is 74.2 cm³/mol. The van der Waals surface area contributed by atoms with E-state index in [1.807, 2.05) is 6.07 Å². The molecule has 0 fully saturated rings. The highest BCUT2D eigenvalue weighted by atomic mass is 15.1. The SMILES string of the molecule is CC1N=NC(c2ccccc2)=CC2=C1CCCC2. The van der Waals surface area contributed by atoms with Gasteiger partial charge in [-0.3, -0.25) is 0 Å². The van der Waals surface area contributed by atoms with Gasteiger partial charge in [-0.15, -0.1) is 0 Å². The van der Waals surface area contributed by atoms with Gasteiger partial charge in [-0.05, 0) is 49.8 Å². The summed E-state index contributed by atoms with van der Waals surface area (Å²) in [5.41, 5.74) is 5.13. The van der Waals surface area contributed by atoms with Crippen LogP contribution >= 0.6 is 0 Å². The Morgan fingerprint density at radius 1 is 1.06 bits per heavy atom. The lowest BCUT2D eigenvalue weighted by Gasteiger charge is -2.19. The Bertz CT molecular complexity index is 523. The van der Waals surface area contributed by atoms with E-state index >= 15 is 0 Å². The lowest BCUT2D eigenvalue weighted by molar-refractivity contribution is 0.633. The molecule has 0 aromatic heterocycles. The second kappa shape index (κ2) is 4.89. The first kappa shape index (κ1) is 11.4. The van der Waals surface area contributed by atoms with E-state index in [0.717, 1.165) is 11.3 Å². The second-order valence-electron chi connectivity index (χ2n) is 5.04. The highest BCUT2D eigenvalue weighted by molar-refractivity contribution is 5.67. The molecule has 2 nitrogen and oxygen atoms in total. The van der Waals surface area contributed by atoms with Crippen LogP contribution in [0.5, 0.6) is 0 Å². The standard InChI is InChI=1S/C16H18N2/c1-12-15-10-6-5-9-14(15)11-16(18-17-12)13-7-3-2-4-8-13/h2-4,7-8,11-12H,5-6,9-10H2,1H3. The molecule has 0 saturated carbocycles. The monoisotopic (exact) mass is 238 g/mol. The molecule has 1 aliphatic carbocycles. The van der Waals surface area contributed by atoms with E-state index in [9.17, 15) is 0 Å². The lowest BCUT2D eigenvalue weighted by Crippen LogP contribution is -2.08. The Hall–Kier alpha value is -1.70. The molecule has 3 rings (SSSR count). The van der Waals surface area contributed by atoms with E-state index in [1.54, 1.807) is 0 Å². The predicted octanol–water partition coefficient (Wildman–Crippen LogP) is 4.75. The summed E-state index contributed by atoms with van der Waals surface area (Å²) in [6, 6.07) is 10.6. The zero-order valence-corrected chi connectivity index (χ0v) is 10.8. The first-order valence-corrected chi connectivity index (χ1v) is 6.74. The molecule has 0 saturated heterocycles. The third kappa shape index (κ3) is 2.15. The molecule has 1 unspecified atom stereocenters. The lowest BCUT2D eigenvalue weighted by atomic mass is 9.87. The minimum absolute atomic E-state index is 0.248. The van der Waals surface area contributed by atoms with Gasteiger partial charge in [-0.1, -0.05) is 30.3 Å². The number of hydrogen-bond donors (Lipinski definition) is 0. The van der Waals surface area contributed by atoms with Crippen LogP contribution in [0.15, 0.2) is 57.8 Å². The van der Waals surface area contributed by atoms with Crippen LogP contribution in [-0.4, -0.2) is 6.04 Å². The van der Waals surface area contributed by atoms with Crippen LogP contribution in [0.2, 0.25) is 0 Å². The summed E-state index contributed by atoms with van der Waals surface area (Å²) in [6.07, 6.45) is 7.21. The summed E-state index contributed by atoms with van der Waals surface area (Å²) >= 11 is 0. The fourth-order valence-corrected chi connectivity index (χ4v) is 2.76. The average molecular weight is 238 g/mol. The molecule has 2 heteroatoms. The zero-order valence-electron chi connectivity index (χ0n) is 10.8. The van der Waals surface area contributed by atoms with Gasteiger partial charge in [0.2, 0.25) is 0 Å². The van der Waals surface area contributed by atoms with E-state index in [2.05, 4.69) is 47.5 Å². The number of hydrogen-bond acceptors (Lipinski definition) is 2. The quantitative estimate of drug-likeness (QED) is 0.674. The van der Waals surface area contributed by atoms with Crippen molar-refractivity contribution in [3.05, 3.63) is 53.1 Å². The van der Waals surface area contributed by atoms with Gasteiger partial charge in [-0.25, -0.2) is 0 Å². The molecular formula is C16H18N2. The molecule has 1 heterocycles. The Morgan fingerprint density at radius 2 is 1.83 bits per heavy atom. The molecule has 92 valence electrons. The van der Waals surface area contributed by atoms with Crippen molar-refractivity contribution >= 4 is 5.70 Å². The van der Waals surface area contributed by atoms with Crippen LogP contribution in [0.4, 0.5) is 0 Å². The van der Waals surface area contributed by atoms with Gasteiger partial charge >= 0.3 is 0 Å². The topological polar surface area (TPSA) is 24.7 Å². The molecule has 0 radical (unpaired) electrons. The van der Waals surface area contributed by atoms with E-state index < -0.39 is 0 Å². The van der Waals surface area contributed by atoms with Gasteiger partial charge < -0.3 is 0 Å². The van der Waals surface area contributed by atoms with Crippen molar-refractivity contribution in [1.29, 1.82) is 0 Å². The summed E-state index contributed by atoms with van der Waals surface area (Å²) in [6.45, 7) is 2.16. The van der Waals surface area contributed by atoms with Crippen molar-refractivity contribution in [2.24, 2.45) is 10.2 Å². The zero-order chi connectivity index (χ0) is 12.4. The first-order chi connectivity index (χ1) is 8.84. The number of allylic oxidation sites excluding steroid dienone is 2. The molecule has 0 amide bonds. The summed E-state index contributed by atoms with van der Waals surface area (Å²) in [5.74, 6) is 0. The Kier molecular flexibility index (Phi) is 3.09. The van der Waals surface area contributed by atoms with Crippen LogP contribution in [0, 0.1) is 0 Å². The Morgan fingerprint density at radius 3 is 2.67 bits per heavy atom. The molecule has 1 aliphatic heterocycles. The van der Waals surface area contributed by atoms with Crippen molar-refractivity contribution in [2.45, 2.75) is 38.6 Å². The smallest absolute Gasteiger partial charge is 0.0927 e.